The Morgan fingerprint density at radius 2 is 2.17 bits per heavy atom. The van der Waals surface area contributed by atoms with E-state index >= 15 is 0 Å². The van der Waals surface area contributed by atoms with E-state index in [0.717, 1.165) is 0 Å². The summed E-state index contributed by atoms with van der Waals surface area (Å²) in [5.41, 5.74) is 0.815. The molecule has 2 aromatic rings. The van der Waals surface area contributed by atoms with Gasteiger partial charge < -0.3 is 4.52 Å². The molecule has 1 aromatic carbocycles. The predicted octanol–water partition coefficient (Wildman–Crippen LogP) is 1.45. The number of amides is 1. The average molecular weight is 264 g/mol. The van der Waals surface area contributed by atoms with Crippen LogP contribution in [0.5, 0.6) is 0 Å². The third kappa shape index (κ3) is 1.58. The summed E-state index contributed by atoms with van der Waals surface area (Å²) in [6.07, 6.45) is 1.17. The van der Waals surface area contributed by atoms with Crippen LogP contribution in [-0.4, -0.2) is 21.8 Å². The average Bonchev–Trinajstić information content (AvgIpc) is 2.94. The van der Waals surface area contributed by atoms with Crippen LogP contribution in [0.1, 0.15) is 16.2 Å². The molecule has 90 valence electrons. The quantitative estimate of drug-likeness (QED) is 0.767. The highest BCUT2D eigenvalue weighted by atomic mass is 35.5. The predicted molar refractivity (Wildman–Crippen MR) is 61.3 cm³/mol. The molecule has 0 saturated carbocycles. The van der Waals surface area contributed by atoms with E-state index in [1.807, 2.05) is 0 Å². The molecule has 1 amide bonds. The summed E-state index contributed by atoms with van der Waals surface area (Å²) in [5.74, 6) is -0.855. The van der Waals surface area contributed by atoms with E-state index in [4.69, 9.17) is 11.6 Å². The van der Waals surface area contributed by atoms with E-state index in [9.17, 15) is 9.59 Å². The zero-order valence-electron chi connectivity index (χ0n) is 8.96. The van der Waals surface area contributed by atoms with E-state index in [0.29, 0.717) is 22.1 Å². The molecule has 0 radical (unpaired) electrons. The molecule has 0 aliphatic carbocycles. The molecule has 0 spiro atoms. The lowest BCUT2D eigenvalue weighted by molar-refractivity contribution is -0.114. The Balaban J connectivity index is 2.02. The summed E-state index contributed by atoms with van der Waals surface area (Å²) >= 11 is 5.81. The lowest BCUT2D eigenvalue weighted by Crippen LogP contribution is -2.29. The number of carbonyl (C=O) groups excluding carboxylic acids is 2. The van der Waals surface area contributed by atoms with Gasteiger partial charge in [0.2, 0.25) is 6.39 Å². The summed E-state index contributed by atoms with van der Waals surface area (Å²) in [7, 11) is 0. The molecular weight excluding hydrogens is 258 g/mol. The summed E-state index contributed by atoms with van der Waals surface area (Å²) in [4.78, 5) is 28.7. The molecule has 2 heterocycles. The van der Waals surface area contributed by atoms with E-state index in [1.165, 1.54) is 17.4 Å². The van der Waals surface area contributed by atoms with Crippen LogP contribution in [0.2, 0.25) is 5.02 Å². The van der Waals surface area contributed by atoms with Crippen LogP contribution in [0, 0.1) is 0 Å². The van der Waals surface area contributed by atoms with Crippen LogP contribution in [-0.2, 0) is 11.3 Å². The lowest BCUT2D eigenvalue weighted by Gasteiger charge is -2.13. The molecule has 7 heteroatoms. The molecule has 3 rings (SSSR count). The van der Waals surface area contributed by atoms with Gasteiger partial charge in [0.1, 0.15) is 0 Å². The maximum absolute atomic E-state index is 11.8. The maximum Gasteiger partial charge on any atom is 0.299 e. The molecule has 18 heavy (non-hydrogen) atoms. The van der Waals surface area contributed by atoms with Crippen LogP contribution in [0.3, 0.4) is 0 Å². The second kappa shape index (κ2) is 3.92. The summed E-state index contributed by atoms with van der Waals surface area (Å²) in [6, 6.07) is 4.73. The van der Waals surface area contributed by atoms with Gasteiger partial charge in [0, 0.05) is 5.02 Å². The number of hydrogen-bond donors (Lipinski definition) is 0. The molecule has 1 aromatic heterocycles. The largest absolute Gasteiger partial charge is 0.343 e. The first kappa shape index (κ1) is 10.9. The van der Waals surface area contributed by atoms with Gasteiger partial charge in [-0.2, -0.15) is 4.98 Å². The fourth-order valence-corrected chi connectivity index (χ4v) is 2.01. The van der Waals surface area contributed by atoms with Gasteiger partial charge in [0.05, 0.1) is 17.8 Å². The van der Waals surface area contributed by atoms with Crippen molar-refractivity contribution in [2.45, 2.75) is 6.54 Å². The van der Waals surface area contributed by atoms with E-state index < -0.39 is 11.7 Å². The second-order valence-corrected chi connectivity index (χ2v) is 4.17. The molecule has 0 atom stereocenters. The van der Waals surface area contributed by atoms with Crippen LogP contribution in [0.15, 0.2) is 29.1 Å². The minimum absolute atomic E-state index is 0.0930. The van der Waals surface area contributed by atoms with Crippen LogP contribution in [0.4, 0.5) is 5.69 Å². The van der Waals surface area contributed by atoms with Crippen LogP contribution < -0.4 is 4.90 Å². The fourth-order valence-electron chi connectivity index (χ4n) is 1.83. The summed E-state index contributed by atoms with van der Waals surface area (Å²) < 4.78 is 4.59. The standard InChI is InChI=1S/C11H6ClN3O3/c12-6-1-2-8-7(3-6)10(16)11(17)15(8)4-9-13-5-18-14-9/h1-3,5H,4H2. The van der Waals surface area contributed by atoms with Crippen molar-refractivity contribution in [1.29, 1.82) is 0 Å². The zero-order chi connectivity index (χ0) is 12.7. The first-order valence-corrected chi connectivity index (χ1v) is 5.45. The fraction of sp³-hybridized carbons (Fsp3) is 0.0909. The summed E-state index contributed by atoms with van der Waals surface area (Å²) in [6.45, 7) is 0.0930. The normalized spacial score (nSPS) is 14.2. The SMILES string of the molecule is O=C1C(=O)N(Cc2ncon2)c2ccc(Cl)cc21. The van der Waals surface area contributed by atoms with Gasteiger partial charge in [0.25, 0.3) is 11.7 Å². The highest BCUT2D eigenvalue weighted by Gasteiger charge is 2.36. The monoisotopic (exact) mass is 263 g/mol. The van der Waals surface area contributed by atoms with Crippen molar-refractivity contribution in [3.05, 3.63) is 41.0 Å². The molecule has 1 aliphatic heterocycles. The molecule has 1 aliphatic rings. The van der Waals surface area contributed by atoms with Crippen molar-refractivity contribution in [3.8, 4) is 0 Å². The minimum atomic E-state index is -0.614. The number of fused-ring (bicyclic) bond motifs is 1. The van der Waals surface area contributed by atoms with Gasteiger partial charge >= 0.3 is 0 Å². The van der Waals surface area contributed by atoms with E-state index in [1.54, 1.807) is 12.1 Å². The first-order valence-electron chi connectivity index (χ1n) is 5.08. The molecule has 0 N–H and O–H groups in total. The van der Waals surface area contributed by atoms with Crippen molar-refractivity contribution >= 4 is 29.0 Å². The van der Waals surface area contributed by atoms with E-state index in [2.05, 4.69) is 14.7 Å². The Labute approximate surface area is 106 Å². The van der Waals surface area contributed by atoms with Crippen molar-refractivity contribution in [1.82, 2.24) is 10.1 Å². The third-order valence-corrected chi connectivity index (χ3v) is 2.87. The number of carbonyl (C=O) groups is 2. The number of hydrogen-bond acceptors (Lipinski definition) is 5. The number of aromatic nitrogens is 2. The number of halogens is 1. The number of Topliss-reactive ketones (excluding diaryl/α,β-unsaturated/α-hetero) is 1. The number of rotatable bonds is 2. The van der Waals surface area contributed by atoms with Crippen LogP contribution >= 0.6 is 11.6 Å². The third-order valence-electron chi connectivity index (χ3n) is 2.64. The number of benzene rings is 1. The van der Waals surface area contributed by atoms with Gasteiger partial charge in [0.15, 0.2) is 5.82 Å². The van der Waals surface area contributed by atoms with Crippen molar-refractivity contribution in [2.75, 3.05) is 4.90 Å². The Hall–Kier alpha value is -2.21. The van der Waals surface area contributed by atoms with E-state index in [-0.39, 0.29) is 6.54 Å². The Kier molecular flexibility index (Phi) is 2.38. The molecule has 0 saturated heterocycles. The highest BCUT2D eigenvalue weighted by molar-refractivity contribution is 6.52. The molecule has 0 bridgehead atoms. The first-order chi connectivity index (χ1) is 8.66. The van der Waals surface area contributed by atoms with Gasteiger partial charge in [-0.3, -0.25) is 14.5 Å². The topological polar surface area (TPSA) is 76.3 Å². The maximum atomic E-state index is 11.8. The molecular formula is C11H6ClN3O3. The van der Waals surface area contributed by atoms with Crippen molar-refractivity contribution in [2.24, 2.45) is 0 Å². The van der Waals surface area contributed by atoms with Crippen molar-refractivity contribution < 1.29 is 14.1 Å². The molecule has 0 fully saturated rings. The zero-order valence-corrected chi connectivity index (χ0v) is 9.72. The lowest BCUT2D eigenvalue weighted by atomic mass is 10.1. The molecule has 6 nitrogen and oxygen atoms in total. The van der Waals surface area contributed by atoms with Gasteiger partial charge in [-0.15, -0.1) is 0 Å². The van der Waals surface area contributed by atoms with Gasteiger partial charge in [-0.25, -0.2) is 0 Å². The minimum Gasteiger partial charge on any atom is -0.343 e. The Morgan fingerprint density at radius 1 is 1.33 bits per heavy atom. The molecule has 0 unspecified atom stereocenters. The van der Waals surface area contributed by atoms with Gasteiger partial charge in [-0.05, 0) is 18.2 Å². The number of nitrogens with zero attached hydrogens (tertiary/aromatic N) is 3. The number of ketones is 1. The van der Waals surface area contributed by atoms with Crippen LogP contribution in [0.25, 0.3) is 0 Å². The Morgan fingerprint density at radius 3 is 2.89 bits per heavy atom. The Bertz CT molecular complexity index is 639. The summed E-state index contributed by atoms with van der Waals surface area (Å²) in [5, 5.41) is 4.03. The van der Waals surface area contributed by atoms with Gasteiger partial charge in [-0.1, -0.05) is 16.8 Å². The highest BCUT2D eigenvalue weighted by Crippen LogP contribution is 2.31. The second-order valence-electron chi connectivity index (χ2n) is 3.73. The number of anilines is 1. The smallest absolute Gasteiger partial charge is 0.299 e. The van der Waals surface area contributed by atoms with Crippen molar-refractivity contribution in [3.63, 3.8) is 0 Å².